The molecule has 0 aromatic rings. The molecule has 72 valence electrons. The van der Waals surface area contributed by atoms with Gasteiger partial charge in [-0.1, -0.05) is 0 Å². The monoisotopic (exact) mass is 180 g/mol. The Bertz CT molecular complexity index is 240. The summed E-state index contributed by atoms with van der Waals surface area (Å²) in [7, 11) is 0. The van der Waals surface area contributed by atoms with Gasteiger partial charge in [0.2, 0.25) is 5.91 Å². The fraction of sp³-hybridized carbons (Fsp3) is 0.700. The molecule has 0 saturated carbocycles. The summed E-state index contributed by atoms with van der Waals surface area (Å²) >= 11 is 0. The topological polar surface area (TPSA) is 32.3 Å². The zero-order valence-corrected chi connectivity index (χ0v) is 8.26. The van der Waals surface area contributed by atoms with Gasteiger partial charge in [0.15, 0.2) is 0 Å². The van der Waals surface area contributed by atoms with E-state index in [0.717, 1.165) is 13.1 Å². The minimum Gasteiger partial charge on any atom is -0.339 e. The third-order valence-corrected chi connectivity index (χ3v) is 2.30. The van der Waals surface area contributed by atoms with E-state index in [2.05, 4.69) is 11.2 Å². The second kappa shape index (κ2) is 3.80. The molecule has 3 heteroatoms. The SMILES string of the molecule is C#CCCN1CCNC(C)(C)C1=O. The number of hydrogen-bond donors (Lipinski definition) is 1. The highest BCUT2D eigenvalue weighted by Gasteiger charge is 2.34. The fourth-order valence-electron chi connectivity index (χ4n) is 1.49. The first-order chi connectivity index (χ1) is 6.08. The lowest BCUT2D eigenvalue weighted by molar-refractivity contribution is -0.139. The van der Waals surface area contributed by atoms with Crippen molar-refractivity contribution in [1.29, 1.82) is 0 Å². The second-order valence-electron chi connectivity index (χ2n) is 3.80. The van der Waals surface area contributed by atoms with Crippen LogP contribution in [0.1, 0.15) is 20.3 Å². The van der Waals surface area contributed by atoms with E-state index in [9.17, 15) is 4.79 Å². The molecule has 1 saturated heterocycles. The van der Waals surface area contributed by atoms with Crippen LogP contribution in [-0.4, -0.2) is 36.0 Å². The van der Waals surface area contributed by atoms with E-state index >= 15 is 0 Å². The summed E-state index contributed by atoms with van der Waals surface area (Å²) in [6, 6.07) is 0. The first kappa shape index (κ1) is 10.1. The zero-order chi connectivity index (χ0) is 9.90. The second-order valence-corrected chi connectivity index (χ2v) is 3.80. The summed E-state index contributed by atoms with van der Waals surface area (Å²) in [4.78, 5) is 13.6. The van der Waals surface area contributed by atoms with Gasteiger partial charge in [-0.3, -0.25) is 4.79 Å². The fourth-order valence-corrected chi connectivity index (χ4v) is 1.49. The van der Waals surface area contributed by atoms with Gasteiger partial charge >= 0.3 is 0 Å². The van der Waals surface area contributed by atoms with Gasteiger partial charge in [-0.05, 0) is 13.8 Å². The molecule has 1 aliphatic rings. The number of nitrogens with zero attached hydrogens (tertiary/aromatic N) is 1. The molecule has 0 bridgehead atoms. The molecule has 0 spiro atoms. The molecule has 0 aromatic heterocycles. The summed E-state index contributed by atoms with van der Waals surface area (Å²) < 4.78 is 0. The van der Waals surface area contributed by atoms with Crippen LogP contribution in [0.3, 0.4) is 0 Å². The molecule has 0 atom stereocenters. The summed E-state index contributed by atoms with van der Waals surface area (Å²) in [6.07, 6.45) is 5.80. The van der Waals surface area contributed by atoms with E-state index in [1.54, 1.807) is 0 Å². The molecule has 0 aliphatic carbocycles. The standard InChI is InChI=1S/C10H16N2O/c1-4-5-7-12-8-6-11-10(2,3)9(12)13/h1,11H,5-8H2,2-3H3. The lowest BCUT2D eigenvalue weighted by Crippen LogP contribution is -2.61. The summed E-state index contributed by atoms with van der Waals surface area (Å²) in [5.74, 6) is 2.70. The molecule has 0 radical (unpaired) electrons. The average molecular weight is 180 g/mol. The first-order valence-corrected chi connectivity index (χ1v) is 4.56. The Balaban J connectivity index is 2.57. The van der Waals surface area contributed by atoms with Crippen LogP contribution >= 0.6 is 0 Å². The Morgan fingerprint density at radius 3 is 3.00 bits per heavy atom. The van der Waals surface area contributed by atoms with Crippen molar-refractivity contribution in [1.82, 2.24) is 10.2 Å². The van der Waals surface area contributed by atoms with E-state index < -0.39 is 5.54 Å². The maximum atomic E-state index is 11.7. The predicted molar refractivity (Wildman–Crippen MR) is 52.1 cm³/mol. The minimum atomic E-state index is -0.424. The van der Waals surface area contributed by atoms with Gasteiger partial charge in [-0.2, -0.15) is 0 Å². The van der Waals surface area contributed by atoms with Crippen molar-refractivity contribution in [3.63, 3.8) is 0 Å². The van der Waals surface area contributed by atoms with Crippen LogP contribution in [0, 0.1) is 12.3 Å². The Morgan fingerprint density at radius 1 is 1.69 bits per heavy atom. The smallest absolute Gasteiger partial charge is 0.242 e. The number of amides is 1. The van der Waals surface area contributed by atoms with Gasteiger partial charge in [-0.15, -0.1) is 12.3 Å². The third kappa shape index (κ3) is 2.22. The molecule has 1 fully saturated rings. The molecular weight excluding hydrogens is 164 g/mol. The molecule has 1 amide bonds. The van der Waals surface area contributed by atoms with Crippen LogP contribution in [-0.2, 0) is 4.79 Å². The van der Waals surface area contributed by atoms with E-state index in [0.29, 0.717) is 13.0 Å². The third-order valence-electron chi connectivity index (χ3n) is 2.30. The van der Waals surface area contributed by atoms with Crippen molar-refractivity contribution in [2.75, 3.05) is 19.6 Å². The van der Waals surface area contributed by atoms with Crippen LogP contribution in [0.2, 0.25) is 0 Å². The summed E-state index contributed by atoms with van der Waals surface area (Å²) in [5.41, 5.74) is -0.424. The Labute approximate surface area is 79.5 Å². The Hall–Kier alpha value is -1.01. The van der Waals surface area contributed by atoms with Crippen LogP contribution in [0.25, 0.3) is 0 Å². The highest BCUT2D eigenvalue weighted by Crippen LogP contribution is 2.12. The minimum absolute atomic E-state index is 0.147. The van der Waals surface area contributed by atoms with Crippen LogP contribution < -0.4 is 5.32 Å². The number of hydrogen-bond acceptors (Lipinski definition) is 2. The van der Waals surface area contributed by atoms with Gasteiger partial charge in [0.05, 0.1) is 5.54 Å². The normalized spacial score (nSPS) is 21.3. The lowest BCUT2D eigenvalue weighted by atomic mass is 10.0. The van der Waals surface area contributed by atoms with Gasteiger partial charge < -0.3 is 10.2 Å². The number of rotatable bonds is 2. The quantitative estimate of drug-likeness (QED) is 0.617. The van der Waals surface area contributed by atoms with E-state index in [4.69, 9.17) is 6.42 Å². The maximum Gasteiger partial charge on any atom is 0.242 e. The maximum absolute atomic E-state index is 11.7. The van der Waals surface area contributed by atoms with E-state index in [1.165, 1.54) is 0 Å². The van der Waals surface area contributed by atoms with Crippen molar-refractivity contribution in [2.45, 2.75) is 25.8 Å². The largest absolute Gasteiger partial charge is 0.339 e. The molecule has 3 nitrogen and oxygen atoms in total. The molecule has 0 unspecified atom stereocenters. The predicted octanol–water partition coefficient (Wildman–Crippen LogP) is 0.220. The lowest BCUT2D eigenvalue weighted by Gasteiger charge is -2.37. The van der Waals surface area contributed by atoms with Crippen molar-refractivity contribution in [2.24, 2.45) is 0 Å². The van der Waals surface area contributed by atoms with Crippen molar-refractivity contribution < 1.29 is 4.79 Å². The number of carbonyl (C=O) groups excluding carboxylic acids is 1. The summed E-state index contributed by atoms with van der Waals surface area (Å²) in [5, 5.41) is 3.17. The molecule has 1 N–H and O–H groups in total. The highest BCUT2D eigenvalue weighted by molar-refractivity contribution is 5.86. The Kier molecular flexibility index (Phi) is 2.94. The molecule has 1 aliphatic heterocycles. The molecule has 1 heterocycles. The first-order valence-electron chi connectivity index (χ1n) is 4.56. The van der Waals surface area contributed by atoms with Crippen LogP contribution in [0.4, 0.5) is 0 Å². The number of terminal acetylenes is 1. The van der Waals surface area contributed by atoms with Crippen molar-refractivity contribution in [3.05, 3.63) is 0 Å². The van der Waals surface area contributed by atoms with Gasteiger partial charge in [0.1, 0.15) is 0 Å². The Morgan fingerprint density at radius 2 is 2.38 bits per heavy atom. The van der Waals surface area contributed by atoms with E-state index in [1.807, 2.05) is 18.7 Å². The summed E-state index contributed by atoms with van der Waals surface area (Å²) in [6.45, 7) is 6.10. The highest BCUT2D eigenvalue weighted by atomic mass is 16.2. The number of nitrogens with one attached hydrogen (secondary N) is 1. The van der Waals surface area contributed by atoms with E-state index in [-0.39, 0.29) is 5.91 Å². The van der Waals surface area contributed by atoms with Crippen LogP contribution in [0.15, 0.2) is 0 Å². The molecule has 13 heavy (non-hydrogen) atoms. The zero-order valence-electron chi connectivity index (χ0n) is 8.26. The molecule has 0 aromatic carbocycles. The number of carbonyl (C=O) groups is 1. The van der Waals surface area contributed by atoms with Gasteiger partial charge in [-0.25, -0.2) is 0 Å². The van der Waals surface area contributed by atoms with Gasteiger partial charge in [0.25, 0.3) is 0 Å². The molecule has 1 rings (SSSR count). The van der Waals surface area contributed by atoms with Crippen molar-refractivity contribution >= 4 is 5.91 Å². The average Bonchev–Trinajstić information content (AvgIpc) is 2.08. The van der Waals surface area contributed by atoms with Gasteiger partial charge in [0, 0.05) is 26.1 Å². The molecular formula is C10H16N2O. The van der Waals surface area contributed by atoms with Crippen molar-refractivity contribution in [3.8, 4) is 12.3 Å². The van der Waals surface area contributed by atoms with Crippen LogP contribution in [0.5, 0.6) is 0 Å². The number of piperazine rings is 1.